The Kier molecular flexibility index (Phi) is 6.74. The molecule has 6 aromatic rings. The minimum Gasteiger partial charge on any atom is -0.394 e. The molecule has 1 saturated heterocycles. The van der Waals surface area contributed by atoms with Crippen molar-refractivity contribution < 1.29 is 19.7 Å². The Hall–Kier alpha value is -4.84. The number of carbonyl (C=O) groups is 1. The minimum absolute atomic E-state index is 0.365. The third-order valence-corrected chi connectivity index (χ3v) is 7.85. The summed E-state index contributed by atoms with van der Waals surface area (Å²) in [5, 5.41) is 30.3. The molecule has 0 aliphatic carbocycles. The number of aromatic nitrogens is 5. The van der Waals surface area contributed by atoms with E-state index in [0.717, 1.165) is 22.7 Å². The molecule has 1 fully saturated rings. The van der Waals surface area contributed by atoms with Gasteiger partial charge in [0.25, 0.3) is 5.91 Å². The number of nitrogens with one attached hydrogen (secondary N) is 3. The molecule has 0 radical (unpaired) electrons. The summed E-state index contributed by atoms with van der Waals surface area (Å²) in [4.78, 5) is 30.0. The van der Waals surface area contributed by atoms with Gasteiger partial charge in [0.1, 0.15) is 24.6 Å². The Labute approximate surface area is 240 Å². The zero-order valence-corrected chi connectivity index (χ0v) is 22.5. The van der Waals surface area contributed by atoms with Crippen molar-refractivity contribution in [2.75, 3.05) is 18.5 Å². The number of para-hydroxylation sites is 1. The fraction of sp³-hybridized carbons (Fsp3) is 0.226. The highest BCUT2D eigenvalue weighted by Gasteiger charge is 2.46. The number of ether oxygens (including phenoxy) is 1. The number of aromatic amines is 1. The topological polar surface area (TPSA) is 150 Å². The summed E-state index contributed by atoms with van der Waals surface area (Å²) in [6.07, 6.45) is 2.86. The zero-order chi connectivity index (χ0) is 28.6. The SMILES string of the molecule is O=C(N[C@@H]1[C@H](O)[C@@H](CO)O[C@H]1n1cnc2c(NCCc3c[nH]c4ccccc34)ncnc21)c1ccc2ccccc2c1. The van der Waals surface area contributed by atoms with Gasteiger partial charge in [-0.1, -0.05) is 48.5 Å². The Bertz CT molecular complexity index is 1900. The molecule has 0 saturated carbocycles. The van der Waals surface area contributed by atoms with Crippen LogP contribution in [-0.2, 0) is 11.2 Å². The molecule has 0 spiro atoms. The monoisotopic (exact) mass is 563 g/mol. The Morgan fingerprint density at radius 3 is 2.74 bits per heavy atom. The van der Waals surface area contributed by atoms with Crippen molar-refractivity contribution in [1.82, 2.24) is 29.8 Å². The van der Waals surface area contributed by atoms with Crippen LogP contribution in [0.1, 0.15) is 22.1 Å². The molecule has 0 unspecified atom stereocenters. The third kappa shape index (κ3) is 4.63. The number of anilines is 1. The number of fused-ring (bicyclic) bond motifs is 3. The van der Waals surface area contributed by atoms with Gasteiger partial charge in [-0.15, -0.1) is 0 Å². The van der Waals surface area contributed by atoms with Gasteiger partial charge in [-0.2, -0.15) is 0 Å². The molecule has 0 bridgehead atoms. The third-order valence-electron chi connectivity index (χ3n) is 7.85. The highest BCUT2D eigenvalue weighted by atomic mass is 16.5. The van der Waals surface area contributed by atoms with E-state index >= 15 is 0 Å². The van der Waals surface area contributed by atoms with E-state index < -0.39 is 31.1 Å². The number of carbonyl (C=O) groups excluding carboxylic acids is 1. The number of hydrogen-bond acceptors (Lipinski definition) is 8. The van der Waals surface area contributed by atoms with Crippen LogP contribution in [-0.4, -0.2) is 72.0 Å². The lowest BCUT2D eigenvalue weighted by Gasteiger charge is -2.23. The Balaban J connectivity index is 1.12. The molecule has 42 heavy (non-hydrogen) atoms. The summed E-state index contributed by atoms with van der Waals surface area (Å²) in [6.45, 7) is 0.207. The lowest BCUT2D eigenvalue weighted by molar-refractivity contribution is -0.0440. The van der Waals surface area contributed by atoms with E-state index in [4.69, 9.17) is 4.74 Å². The lowest BCUT2D eigenvalue weighted by atomic mass is 10.0. The van der Waals surface area contributed by atoms with E-state index in [1.165, 1.54) is 17.3 Å². The highest BCUT2D eigenvalue weighted by molar-refractivity contribution is 5.98. The number of imidazole rings is 1. The molecule has 11 nitrogen and oxygen atoms in total. The molecule has 11 heteroatoms. The van der Waals surface area contributed by atoms with Crippen LogP contribution < -0.4 is 10.6 Å². The van der Waals surface area contributed by atoms with Gasteiger partial charge in [0, 0.05) is 29.2 Å². The van der Waals surface area contributed by atoms with Crippen molar-refractivity contribution in [3.63, 3.8) is 0 Å². The van der Waals surface area contributed by atoms with E-state index in [1.54, 1.807) is 23.0 Å². The van der Waals surface area contributed by atoms with E-state index in [0.29, 0.717) is 29.1 Å². The van der Waals surface area contributed by atoms with Crippen LogP contribution in [0.5, 0.6) is 0 Å². The smallest absolute Gasteiger partial charge is 0.251 e. The molecule has 1 amide bonds. The van der Waals surface area contributed by atoms with Crippen LogP contribution in [0.3, 0.4) is 0 Å². The van der Waals surface area contributed by atoms with Crippen LogP contribution in [0.4, 0.5) is 5.82 Å². The van der Waals surface area contributed by atoms with Crippen molar-refractivity contribution in [3.8, 4) is 0 Å². The first kappa shape index (κ1) is 26.1. The van der Waals surface area contributed by atoms with Gasteiger partial charge < -0.3 is 30.6 Å². The predicted molar refractivity (Wildman–Crippen MR) is 158 cm³/mol. The number of amides is 1. The van der Waals surface area contributed by atoms with Crippen molar-refractivity contribution in [2.45, 2.75) is 30.9 Å². The summed E-state index contributed by atoms with van der Waals surface area (Å²) in [6, 6.07) is 20.5. The van der Waals surface area contributed by atoms with Crippen LogP contribution in [0.2, 0.25) is 0 Å². The van der Waals surface area contributed by atoms with Gasteiger partial charge >= 0.3 is 0 Å². The van der Waals surface area contributed by atoms with E-state index in [2.05, 4.69) is 36.6 Å². The van der Waals surface area contributed by atoms with Crippen molar-refractivity contribution >= 4 is 44.6 Å². The molecule has 4 heterocycles. The van der Waals surface area contributed by atoms with Gasteiger partial charge in [-0.25, -0.2) is 15.0 Å². The quantitative estimate of drug-likeness (QED) is 0.190. The number of benzene rings is 3. The number of H-pyrrole nitrogens is 1. The molecular formula is C31H29N7O4. The fourth-order valence-corrected chi connectivity index (χ4v) is 5.68. The first-order chi connectivity index (χ1) is 20.6. The maximum atomic E-state index is 13.3. The van der Waals surface area contributed by atoms with E-state index in [-0.39, 0.29) is 5.91 Å². The van der Waals surface area contributed by atoms with Gasteiger partial charge in [0.15, 0.2) is 23.2 Å². The minimum atomic E-state index is -1.16. The predicted octanol–water partition coefficient (Wildman–Crippen LogP) is 3.16. The summed E-state index contributed by atoms with van der Waals surface area (Å²) in [5.41, 5.74) is 3.74. The summed E-state index contributed by atoms with van der Waals surface area (Å²) >= 11 is 0. The van der Waals surface area contributed by atoms with Crippen LogP contribution >= 0.6 is 0 Å². The van der Waals surface area contributed by atoms with Gasteiger partial charge in [0.2, 0.25) is 0 Å². The zero-order valence-electron chi connectivity index (χ0n) is 22.5. The van der Waals surface area contributed by atoms with Gasteiger partial charge in [0.05, 0.1) is 12.9 Å². The molecule has 3 aromatic carbocycles. The molecule has 1 aliphatic rings. The molecule has 1 aliphatic heterocycles. The Morgan fingerprint density at radius 2 is 1.86 bits per heavy atom. The number of aliphatic hydroxyl groups excluding tert-OH is 2. The maximum Gasteiger partial charge on any atom is 0.251 e. The van der Waals surface area contributed by atoms with Crippen LogP contribution in [0.25, 0.3) is 32.8 Å². The number of hydrogen-bond donors (Lipinski definition) is 5. The van der Waals surface area contributed by atoms with Gasteiger partial charge in [-0.3, -0.25) is 9.36 Å². The molecule has 5 N–H and O–H groups in total. The molecule has 3 aromatic heterocycles. The van der Waals surface area contributed by atoms with E-state index in [9.17, 15) is 15.0 Å². The average molecular weight is 564 g/mol. The second kappa shape index (κ2) is 10.9. The largest absolute Gasteiger partial charge is 0.394 e. The summed E-state index contributed by atoms with van der Waals surface area (Å²) in [5.74, 6) is 0.197. The molecule has 4 atom stereocenters. The Morgan fingerprint density at radius 1 is 1.02 bits per heavy atom. The highest BCUT2D eigenvalue weighted by Crippen LogP contribution is 2.33. The van der Waals surface area contributed by atoms with Gasteiger partial charge in [-0.05, 0) is 41.0 Å². The summed E-state index contributed by atoms with van der Waals surface area (Å²) < 4.78 is 7.69. The summed E-state index contributed by atoms with van der Waals surface area (Å²) in [7, 11) is 0. The first-order valence-electron chi connectivity index (χ1n) is 13.8. The second-order valence-corrected chi connectivity index (χ2v) is 10.4. The average Bonchev–Trinajstić information content (AvgIpc) is 3.73. The van der Waals surface area contributed by atoms with Crippen molar-refractivity contribution in [2.24, 2.45) is 0 Å². The van der Waals surface area contributed by atoms with Crippen molar-refractivity contribution in [1.29, 1.82) is 0 Å². The fourth-order valence-electron chi connectivity index (χ4n) is 5.68. The normalized spacial score (nSPS) is 20.4. The van der Waals surface area contributed by atoms with E-state index in [1.807, 2.05) is 54.7 Å². The molecule has 212 valence electrons. The van der Waals surface area contributed by atoms with Crippen LogP contribution in [0.15, 0.2) is 85.6 Å². The maximum absolute atomic E-state index is 13.3. The second-order valence-electron chi connectivity index (χ2n) is 10.4. The molecular weight excluding hydrogens is 534 g/mol. The van der Waals surface area contributed by atoms with Crippen molar-refractivity contribution in [3.05, 3.63) is 96.7 Å². The molecule has 7 rings (SSSR count). The first-order valence-corrected chi connectivity index (χ1v) is 13.8. The lowest BCUT2D eigenvalue weighted by Crippen LogP contribution is -2.46. The van der Waals surface area contributed by atoms with Crippen LogP contribution in [0, 0.1) is 0 Å². The number of aliphatic hydroxyl groups is 2. The standard InChI is InChI=1S/C31H29N7O4/c39-15-24-27(40)25(37-30(41)20-10-9-18-5-1-2-6-19(18)13-20)31(42-24)38-17-36-26-28(34-16-35-29(26)38)32-12-11-21-14-33-23-8-4-3-7-22(21)23/h1-10,13-14,16-17,24-25,27,31,33,39-40H,11-12,15H2,(H,37,41)(H,32,34,35)/t24-,25-,27-,31-/m1/s1. The number of nitrogens with zero attached hydrogens (tertiary/aromatic N) is 4. The number of rotatable bonds is 8.